The normalized spacial score (nSPS) is 19.2. The molecule has 0 amide bonds. The highest BCUT2D eigenvalue weighted by Crippen LogP contribution is 2.48. The van der Waals surface area contributed by atoms with E-state index in [0.29, 0.717) is 0 Å². The van der Waals surface area contributed by atoms with Gasteiger partial charge in [-0.25, -0.2) is 0 Å². The molecular weight excluding hydrogens is 258 g/mol. The monoisotopic (exact) mass is 274 g/mol. The molecule has 6 heteroatoms. The van der Waals surface area contributed by atoms with Gasteiger partial charge in [0.05, 0.1) is 30.1 Å². The first-order valence-corrected chi connectivity index (χ1v) is 7.27. The standard InChI is InChI=1S/C9H17Cl2O3P/c1-4-5-15(12,13-6-8(2)10)14-7-9(3)11/h4,8-9H,1,5-7H2,2-3H3. The van der Waals surface area contributed by atoms with Crippen molar-refractivity contribution in [1.82, 2.24) is 0 Å². The number of hydrogen-bond acceptors (Lipinski definition) is 3. The Morgan fingerprint density at radius 1 is 1.27 bits per heavy atom. The Labute approximate surface area is 101 Å². The molecule has 0 fully saturated rings. The Kier molecular flexibility index (Phi) is 7.94. The molecule has 0 N–H and O–H groups in total. The van der Waals surface area contributed by atoms with E-state index in [1.54, 1.807) is 13.8 Å². The first-order valence-electron chi connectivity index (χ1n) is 4.67. The summed E-state index contributed by atoms with van der Waals surface area (Å²) >= 11 is 11.4. The Hall–Kier alpha value is 0.470. The van der Waals surface area contributed by atoms with E-state index in [-0.39, 0.29) is 30.1 Å². The van der Waals surface area contributed by atoms with Crippen LogP contribution in [0.1, 0.15) is 13.8 Å². The molecule has 90 valence electrons. The van der Waals surface area contributed by atoms with Crippen LogP contribution in [0.15, 0.2) is 12.7 Å². The number of allylic oxidation sites excluding steroid dienone is 1. The van der Waals surface area contributed by atoms with Gasteiger partial charge in [0.2, 0.25) is 0 Å². The maximum Gasteiger partial charge on any atom is 0.334 e. The molecule has 0 aromatic carbocycles. The van der Waals surface area contributed by atoms with Gasteiger partial charge in [0.1, 0.15) is 0 Å². The summed E-state index contributed by atoms with van der Waals surface area (Å²) in [5, 5.41) is -0.416. The summed E-state index contributed by atoms with van der Waals surface area (Å²) in [7, 11) is -3.11. The summed E-state index contributed by atoms with van der Waals surface area (Å²) in [5.74, 6) is 0. The SMILES string of the molecule is C=CCP(=O)(OCC(C)Cl)OCC(C)Cl. The fourth-order valence-corrected chi connectivity index (χ4v) is 2.54. The molecule has 3 nitrogen and oxygen atoms in total. The summed E-state index contributed by atoms with van der Waals surface area (Å²) in [4.78, 5) is 0. The molecule has 15 heavy (non-hydrogen) atoms. The van der Waals surface area contributed by atoms with Crippen LogP contribution in [0, 0.1) is 0 Å². The van der Waals surface area contributed by atoms with E-state index in [2.05, 4.69) is 6.58 Å². The van der Waals surface area contributed by atoms with Crippen molar-refractivity contribution < 1.29 is 13.6 Å². The van der Waals surface area contributed by atoms with Crippen molar-refractivity contribution in [2.75, 3.05) is 19.4 Å². The molecule has 0 aliphatic heterocycles. The summed E-state index contributed by atoms with van der Waals surface area (Å²) in [5.41, 5.74) is 0. The molecule has 2 unspecified atom stereocenters. The molecule has 0 aliphatic rings. The van der Waals surface area contributed by atoms with E-state index in [1.165, 1.54) is 6.08 Å². The predicted octanol–water partition coefficient (Wildman–Crippen LogP) is 3.65. The molecular formula is C9H17Cl2O3P. The predicted molar refractivity (Wildman–Crippen MR) is 65.2 cm³/mol. The lowest BCUT2D eigenvalue weighted by Gasteiger charge is -2.18. The third kappa shape index (κ3) is 8.29. The molecule has 0 rings (SSSR count). The zero-order valence-electron chi connectivity index (χ0n) is 8.99. The van der Waals surface area contributed by atoms with E-state index in [9.17, 15) is 4.57 Å². The van der Waals surface area contributed by atoms with Gasteiger partial charge in [0.15, 0.2) is 0 Å². The van der Waals surface area contributed by atoms with E-state index >= 15 is 0 Å². The fraction of sp³-hybridized carbons (Fsp3) is 0.778. The van der Waals surface area contributed by atoms with Crippen LogP contribution >= 0.6 is 30.8 Å². The molecule has 2 atom stereocenters. The van der Waals surface area contributed by atoms with Gasteiger partial charge < -0.3 is 9.05 Å². The summed E-state index contributed by atoms with van der Waals surface area (Å²) in [6, 6.07) is 0. The highest BCUT2D eigenvalue weighted by Gasteiger charge is 2.24. The van der Waals surface area contributed by atoms with Crippen molar-refractivity contribution in [2.24, 2.45) is 0 Å². The Bertz CT molecular complexity index is 215. The van der Waals surface area contributed by atoms with Gasteiger partial charge in [-0.2, -0.15) is 0 Å². The molecule has 0 saturated heterocycles. The summed E-state index contributed by atoms with van der Waals surface area (Å²) < 4.78 is 22.3. The lowest BCUT2D eigenvalue weighted by Crippen LogP contribution is -2.10. The van der Waals surface area contributed by atoms with Crippen LogP contribution in [-0.4, -0.2) is 30.1 Å². The van der Waals surface area contributed by atoms with E-state index < -0.39 is 7.60 Å². The molecule has 0 bridgehead atoms. The lowest BCUT2D eigenvalue weighted by molar-refractivity contribution is 0.209. The van der Waals surface area contributed by atoms with Crippen molar-refractivity contribution in [2.45, 2.75) is 24.6 Å². The summed E-state index contributed by atoms with van der Waals surface area (Å²) in [6.45, 7) is 7.38. The van der Waals surface area contributed by atoms with E-state index in [1.807, 2.05) is 0 Å². The van der Waals surface area contributed by atoms with Gasteiger partial charge in [-0.3, -0.25) is 4.57 Å². The average Bonchev–Trinajstić information content (AvgIpc) is 2.13. The van der Waals surface area contributed by atoms with Crippen LogP contribution in [0.25, 0.3) is 0 Å². The van der Waals surface area contributed by atoms with Crippen molar-refractivity contribution in [1.29, 1.82) is 0 Å². The Balaban J connectivity index is 4.18. The third-order valence-corrected chi connectivity index (χ3v) is 3.40. The van der Waals surface area contributed by atoms with Crippen molar-refractivity contribution in [3.05, 3.63) is 12.7 Å². The number of halogens is 2. The smallest absolute Gasteiger partial charge is 0.307 e. The summed E-state index contributed by atoms with van der Waals surface area (Å²) in [6.07, 6.45) is 1.67. The van der Waals surface area contributed by atoms with Crippen LogP contribution in [0.2, 0.25) is 0 Å². The number of alkyl halides is 2. The molecule has 0 radical (unpaired) electrons. The molecule has 0 saturated carbocycles. The second-order valence-electron chi connectivity index (χ2n) is 3.24. The molecule has 0 heterocycles. The van der Waals surface area contributed by atoms with Gasteiger partial charge in [-0.15, -0.1) is 29.8 Å². The largest absolute Gasteiger partial charge is 0.334 e. The van der Waals surface area contributed by atoms with Gasteiger partial charge in [0, 0.05) is 0 Å². The molecule has 0 spiro atoms. The van der Waals surface area contributed by atoms with Crippen LogP contribution in [0.3, 0.4) is 0 Å². The molecule has 0 aromatic heterocycles. The van der Waals surface area contributed by atoms with Crippen molar-refractivity contribution in [3.63, 3.8) is 0 Å². The van der Waals surface area contributed by atoms with Gasteiger partial charge >= 0.3 is 7.60 Å². The van der Waals surface area contributed by atoms with Crippen molar-refractivity contribution >= 4 is 30.8 Å². The second kappa shape index (κ2) is 7.70. The van der Waals surface area contributed by atoms with E-state index in [4.69, 9.17) is 32.2 Å². The van der Waals surface area contributed by atoms with Crippen LogP contribution in [0.5, 0.6) is 0 Å². The second-order valence-corrected chi connectivity index (χ2v) is 6.83. The fourth-order valence-electron chi connectivity index (χ4n) is 0.733. The first-order chi connectivity index (χ1) is 6.89. The minimum absolute atomic E-state index is 0.167. The Morgan fingerprint density at radius 2 is 1.67 bits per heavy atom. The van der Waals surface area contributed by atoms with Gasteiger partial charge in [-0.05, 0) is 13.8 Å². The van der Waals surface area contributed by atoms with Crippen LogP contribution in [0.4, 0.5) is 0 Å². The zero-order chi connectivity index (χ0) is 11.9. The third-order valence-electron chi connectivity index (χ3n) is 1.35. The van der Waals surface area contributed by atoms with Gasteiger partial charge in [0.25, 0.3) is 0 Å². The maximum absolute atomic E-state index is 12.0. The number of hydrogen-bond donors (Lipinski definition) is 0. The minimum atomic E-state index is -3.11. The Morgan fingerprint density at radius 3 is 1.93 bits per heavy atom. The number of rotatable bonds is 8. The van der Waals surface area contributed by atoms with Crippen LogP contribution < -0.4 is 0 Å². The first kappa shape index (κ1) is 15.5. The highest BCUT2D eigenvalue weighted by molar-refractivity contribution is 7.54. The van der Waals surface area contributed by atoms with Crippen molar-refractivity contribution in [3.8, 4) is 0 Å². The topological polar surface area (TPSA) is 35.5 Å². The molecule has 0 aliphatic carbocycles. The molecule has 0 aromatic rings. The lowest BCUT2D eigenvalue weighted by atomic mass is 10.5. The van der Waals surface area contributed by atoms with E-state index in [0.717, 1.165) is 0 Å². The zero-order valence-corrected chi connectivity index (χ0v) is 11.4. The quantitative estimate of drug-likeness (QED) is 0.385. The minimum Gasteiger partial charge on any atom is -0.307 e. The van der Waals surface area contributed by atoms with Crippen LogP contribution in [-0.2, 0) is 13.6 Å². The highest BCUT2D eigenvalue weighted by atomic mass is 35.5. The average molecular weight is 275 g/mol. The maximum atomic E-state index is 12.0. The van der Waals surface area contributed by atoms with Gasteiger partial charge in [-0.1, -0.05) is 6.08 Å².